The van der Waals surface area contributed by atoms with Crippen molar-refractivity contribution in [2.75, 3.05) is 25.6 Å². The van der Waals surface area contributed by atoms with Crippen LogP contribution >= 0.6 is 0 Å². The quantitative estimate of drug-likeness (QED) is 0.535. The molecule has 2 aromatic carbocycles. The van der Waals surface area contributed by atoms with E-state index in [4.69, 9.17) is 9.15 Å². The molecule has 162 valence electrons. The van der Waals surface area contributed by atoms with Crippen LogP contribution in [0.5, 0.6) is 0 Å². The van der Waals surface area contributed by atoms with Gasteiger partial charge in [-0.2, -0.15) is 13.2 Å². The number of ether oxygens (including phenoxy) is 1. The van der Waals surface area contributed by atoms with Gasteiger partial charge in [0.2, 0.25) is 0 Å². The van der Waals surface area contributed by atoms with Crippen LogP contribution < -0.4 is 10.6 Å². The van der Waals surface area contributed by atoms with Gasteiger partial charge >= 0.3 is 6.18 Å². The molecule has 3 aromatic rings. The second kappa shape index (κ2) is 9.48. The maximum atomic E-state index is 12.9. The highest BCUT2D eigenvalue weighted by Crippen LogP contribution is 2.32. The van der Waals surface area contributed by atoms with Crippen molar-refractivity contribution in [1.82, 2.24) is 5.32 Å². The van der Waals surface area contributed by atoms with E-state index in [-0.39, 0.29) is 28.3 Å². The average Bonchev–Trinajstić information content (AvgIpc) is 3.24. The number of anilines is 1. The standard InChI is InChI=1S/C22H19F3N2O4/c1-30-12-11-26-20(28)16-7-2-3-8-17(16)27-21(29)19-10-9-18(31-19)14-5-4-6-15(13-14)22(23,24)25/h2-10,13H,11-12H2,1H3,(H,26,28)(H,27,29). The highest BCUT2D eigenvalue weighted by Gasteiger charge is 2.30. The molecule has 0 unspecified atom stereocenters. The Kier molecular flexibility index (Phi) is 6.76. The lowest BCUT2D eigenvalue weighted by molar-refractivity contribution is -0.137. The van der Waals surface area contributed by atoms with Crippen molar-refractivity contribution < 1.29 is 31.9 Å². The van der Waals surface area contributed by atoms with Gasteiger partial charge in [-0.1, -0.05) is 24.3 Å². The Morgan fingerprint density at radius 1 is 1.00 bits per heavy atom. The number of carbonyl (C=O) groups excluding carboxylic acids is 2. The van der Waals surface area contributed by atoms with Gasteiger partial charge in [0.1, 0.15) is 5.76 Å². The number of rotatable bonds is 7. The Hall–Kier alpha value is -3.59. The maximum Gasteiger partial charge on any atom is 0.416 e. The third-order valence-corrected chi connectivity index (χ3v) is 4.32. The molecule has 0 aliphatic heterocycles. The van der Waals surface area contributed by atoms with E-state index in [0.29, 0.717) is 13.2 Å². The van der Waals surface area contributed by atoms with Crippen LogP contribution in [0.15, 0.2) is 65.1 Å². The number of alkyl halides is 3. The number of hydrogen-bond donors (Lipinski definition) is 2. The van der Waals surface area contributed by atoms with Crippen LogP contribution in [-0.2, 0) is 10.9 Å². The SMILES string of the molecule is COCCNC(=O)c1ccccc1NC(=O)c1ccc(-c2cccc(C(F)(F)F)c2)o1. The van der Waals surface area contributed by atoms with Gasteiger partial charge in [-0.25, -0.2) is 0 Å². The molecule has 3 rings (SSSR count). The summed E-state index contributed by atoms with van der Waals surface area (Å²) < 4.78 is 49.1. The van der Waals surface area contributed by atoms with Gasteiger partial charge in [0.25, 0.3) is 11.8 Å². The van der Waals surface area contributed by atoms with Crippen LogP contribution in [0.25, 0.3) is 11.3 Å². The highest BCUT2D eigenvalue weighted by atomic mass is 19.4. The number of methoxy groups -OCH3 is 1. The fourth-order valence-electron chi connectivity index (χ4n) is 2.80. The predicted molar refractivity (Wildman–Crippen MR) is 108 cm³/mol. The third-order valence-electron chi connectivity index (χ3n) is 4.32. The molecule has 0 fully saturated rings. The van der Waals surface area contributed by atoms with E-state index in [0.717, 1.165) is 12.1 Å². The molecule has 6 nitrogen and oxygen atoms in total. The van der Waals surface area contributed by atoms with Crippen molar-refractivity contribution >= 4 is 17.5 Å². The second-order valence-corrected chi connectivity index (χ2v) is 6.49. The summed E-state index contributed by atoms with van der Waals surface area (Å²) in [5.74, 6) is -1.03. The predicted octanol–water partition coefficient (Wildman–Crippen LogP) is 4.59. The first kappa shape index (κ1) is 22.1. The van der Waals surface area contributed by atoms with Crippen LogP contribution in [0.1, 0.15) is 26.5 Å². The van der Waals surface area contributed by atoms with Gasteiger partial charge in [0, 0.05) is 19.2 Å². The van der Waals surface area contributed by atoms with E-state index in [1.165, 1.54) is 31.4 Å². The number of halogens is 3. The van der Waals surface area contributed by atoms with Crippen LogP contribution in [-0.4, -0.2) is 32.1 Å². The van der Waals surface area contributed by atoms with Gasteiger partial charge in [-0.3, -0.25) is 9.59 Å². The summed E-state index contributed by atoms with van der Waals surface area (Å²) in [5, 5.41) is 5.26. The molecule has 0 saturated heterocycles. The molecule has 0 atom stereocenters. The number of amides is 2. The van der Waals surface area contributed by atoms with Crippen molar-refractivity contribution in [2.45, 2.75) is 6.18 Å². The number of carbonyl (C=O) groups is 2. The molecule has 2 amide bonds. The summed E-state index contributed by atoms with van der Waals surface area (Å²) in [6.45, 7) is 0.640. The fraction of sp³-hybridized carbons (Fsp3) is 0.182. The van der Waals surface area contributed by atoms with E-state index in [2.05, 4.69) is 10.6 Å². The summed E-state index contributed by atoms with van der Waals surface area (Å²) in [7, 11) is 1.51. The summed E-state index contributed by atoms with van der Waals surface area (Å²) in [4.78, 5) is 24.9. The van der Waals surface area contributed by atoms with Crippen molar-refractivity contribution in [2.24, 2.45) is 0 Å². The van der Waals surface area contributed by atoms with Crippen LogP contribution in [0, 0.1) is 0 Å². The van der Waals surface area contributed by atoms with E-state index in [1.54, 1.807) is 24.3 Å². The minimum atomic E-state index is -4.49. The lowest BCUT2D eigenvalue weighted by Crippen LogP contribution is -2.28. The molecule has 9 heteroatoms. The third kappa shape index (κ3) is 5.52. The minimum Gasteiger partial charge on any atom is -0.451 e. The summed E-state index contributed by atoms with van der Waals surface area (Å²) in [6.07, 6.45) is -4.49. The lowest BCUT2D eigenvalue weighted by Gasteiger charge is -2.10. The van der Waals surface area contributed by atoms with Gasteiger partial charge < -0.3 is 19.8 Å². The van der Waals surface area contributed by atoms with Crippen molar-refractivity contribution in [3.63, 3.8) is 0 Å². The number of benzene rings is 2. The van der Waals surface area contributed by atoms with Gasteiger partial charge in [0.15, 0.2) is 5.76 Å². The Labute approximate surface area is 176 Å². The zero-order valence-electron chi connectivity index (χ0n) is 16.5. The van der Waals surface area contributed by atoms with Crippen molar-refractivity contribution in [3.8, 4) is 11.3 Å². The van der Waals surface area contributed by atoms with Crippen LogP contribution in [0.4, 0.5) is 18.9 Å². The Balaban J connectivity index is 1.76. The molecule has 0 spiro atoms. The number of hydrogen-bond acceptors (Lipinski definition) is 4. The first-order valence-corrected chi connectivity index (χ1v) is 9.24. The summed E-state index contributed by atoms with van der Waals surface area (Å²) in [6, 6.07) is 13.8. The molecule has 0 bridgehead atoms. The smallest absolute Gasteiger partial charge is 0.416 e. The van der Waals surface area contributed by atoms with Crippen LogP contribution in [0.3, 0.4) is 0 Å². The summed E-state index contributed by atoms with van der Waals surface area (Å²) >= 11 is 0. The Morgan fingerprint density at radius 3 is 2.52 bits per heavy atom. The maximum absolute atomic E-state index is 12.9. The number of nitrogens with one attached hydrogen (secondary N) is 2. The number of para-hydroxylation sites is 1. The molecule has 0 aliphatic rings. The minimum absolute atomic E-state index is 0.109. The molecular formula is C22H19F3N2O4. The highest BCUT2D eigenvalue weighted by molar-refractivity contribution is 6.08. The van der Waals surface area contributed by atoms with E-state index >= 15 is 0 Å². The van der Waals surface area contributed by atoms with Gasteiger partial charge in [0.05, 0.1) is 23.4 Å². The molecule has 0 radical (unpaired) electrons. The first-order valence-electron chi connectivity index (χ1n) is 9.24. The zero-order chi connectivity index (χ0) is 22.4. The molecular weight excluding hydrogens is 413 g/mol. The first-order chi connectivity index (χ1) is 14.8. The van der Waals surface area contributed by atoms with E-state index in [9.17, 15) is 22.8 Å². The topological polar surface area (TPSA) is 80.6 Å². The fourth-order valence-corrected chi connectivity index (χ4v) is 2.80. The molecule has 31 heavy (non-hydrogen) atoms. The largest absolute Gasteiger partial charge is 0.451 e. The van der Waals surface area contributed by atoms with E-state index in [1.807, 2.05) is 0 Å². The normalized spacial score (nSPS) is 11.2. The van der Waals surface area contributed by atoms with Gasteiger partial charge in [-0.15, -0.1) is 0 Å². The van der Waals surface area contributed by atoms with Crippen LogP contribution in [0.2, 0.25) is 0 Å². The van der Waals surface area contributed by atoms with Crippen molar-refractivity contribution in [3.05, 3.63) is 77.6 Å². The monoisotopic (exact) mass is 432 g/mol. The second-order valence-electron chi connectivity index (χ2n) is 6.49. The lowest BCUT2D eigenvalue weighted by atomic mass is 10.1. The van der Waals surface area contributed by atoms with E-state index < -0.39 is 23.6 Å². The number of furan rings is 1. The van der Waals surface area contributed by atoms with Gasteiger partial charge in [-0.05, 0) is 36.4 Å². The Bertz CT molecular complexity index is 1080. The Morgan fingerprint density at radius 2 is 1.77 bits per heavy atom. The molecule has 0 aliphatic carbocycles. The summed E-state index contributed by atoms with van der Waals surface area (Å²) in [5.41, 5.74) is -0.122. The molecule has 2 N–H and O–H groups in total. The molecule has 0 saturated carbocycles. The molecule has 1 aromatic heterocycles. The molecule has 1 heterocycles. The van der Waals surface area contributed by atoms with Crippen molar-refractivity contribution in [1.29, 1.82) is 0 Å². The zero-order valence-corrected chi connectivity index (χ0v) is 16.5. The average molecular weight is 432 g/mol.